The largest absolute Gasteiger partial charge is 0.466 e. The lowest BCUT2D eigenvalue weighted by Crippen LogP contribution is -2.38. The van der Waals surface area contributed by atoms with Crippen LogP contribution in [-0.4, -0.2) is 36.6 Å². The van der Waals surface area contributed by atoms with Gasteiger partial charge in [0.1, 0.15) is 0 Å². The van der Waals surface area contributed by atoms with Crippen molar-refractivity contribution in [2.24, 2.45) is 5.92 Å². The van der Waals surface area contributed by atoms with E-state index in [0.717, 1.165) is 6.04 Å². The molecule has 2 aliphatic rings. The molecule has 0 aliphatic carbocycles. The average molecular weight is 211 g/mol. The van der Waals surface area contributed by atoms with Crippen LogP contribution >= 0.6 is 0 Å². The van der Waals surface area contributed by atoms with Gasteiger partial charge in [0.15, 0.2) is 0 Å². The summed E-state index contributed by atoms with van der Waals surface area (Å²) < 4.78 is 5.00. The van der Waals surface area contributed by atoms with E-state index in [1.165, 1.54) is 38.8 Å². The first kappa shape index (κ1) is 10.9. The first-order chi connectivity index (χ1) is 7.29. The van der Waals surface area contributed by atoms with Crippen molar-refractivity contribution in [2.45, 2.75) is 45.1 Å². The Kier molecular flexibility index (Phi) is 3.62. The Balaban J connectivity index is 1.77. The second kappa shape index (κ2) is 4.97. The predicted molar refractivity (Wildman–Crippen MR) is 58.6 cm³/mol. The van der Waals surface area contributed by atoms with Gasteiger partial charge in [-0.25, -0.2) is 0 Å². The van der Waals surface area contributed by atoms with Crippen molar-refractivity contribution in [1.29, 1.82) is 0 Å². The second-order valence-electron chi connectivity index (χ2n) is 4.73. The fraction of sp³-hybridized carbons (Fsp3) is 0.917. The molecular formula is C12H21NO2. The number of nitrogens with zero attached hydrogens (tertiary/aromatic N) is 1. The van der Waals surface area contributed by atoms with Crippen molar-refractivity contribution in [1.82, 2.24) is 4.90 Å². The van der Waals surface area contributed by atoms with Crippen LogP contribution in [0.4, 0.5) is 0 Å². The Bertz CT molecular complexity index is 230. The first-order valence-electron chi connectivity index (χ1n) is 6.19. The number of carbonyl (C=O) groups is 1. The number of fused-ring (bicyclic) bond motifs is 1. The van der Waals surface area contributed by atoms with Crippen LogP contribution in [0.2, 0.25) is 0 Å². The lowest BCUT2D eigenvalue weighted by atomic mass is 9.89. The summed E-state index contributed by atoms with van der Waals surface area (Å²) in [6.45, 7) is 4.85. The molecule has 2 rings (SSSR count). The highest BCUT2D eigenvalue weighted by Gasteiger charge is 2.32. The standard InChI is InChI=1S/C12H21NO2/c1-2-15-12(14)9-10-5-7-13-6-3-4-11(13)8-10/h10-11H,2-9H2,1H3/t10-,11?/m1/s1. The van der Waals surface area contributed by atoms with Gasteiger partial charge in [-0.2, -0.15) is 0 Å². The molecule has 0 N–H and O–H groups in total. The summed E-state index contributed by atoms with van der Waals surface area (Å²) in [4.78, 5) is 14.0. The summed E-state index contributed by atoms with van der Waals surface area (Å²) in [6, 6.07) is 0.762. The SMILES string of the molecule is CCOC(=O)C[C@@H]1CCN2CCCC2C1. The van der Waals surface area contributed by atoms with Crippen LogP contribution in [0.25, 0.3) is 0 Å². The van der Waals surface area contributed by atoms with Gasteiger partial charge in [-0.05, 0) is 51.6 Å². The van der Waals surface area contributed by atoms with Crippen molar-refractivity contribution in [3.63, 3.8) is 0 Å². The third kappa shape index (κ3) is 2.71. The molecule has 2 saturated heterocycles. The fourth-order valence-corrected chi connectivity index (χ4v) is 2.95. The molecule has 2 heterocycles. The Hall–Kier alpha value is -0.570. The van der Waals surface area contributed by atoms with Crippen LogP contribution in [0, 0.1) is 5.92 Å². The average Bonchev–Trinajstić information content (AvgIpc) is 2.65. The molecule has 0 spiro atoms. The van der Waals surface area contributed by atoms with Crippen molar-refractivity contribution < 1.29 is 9.53 Å². The fourth-order valence-electron chi connectivity index (χ4n) is 2.95. The topological polar surface area (TPSA) is 29.5 Å². The number of esters is 1. The monoisotopic (exact) mass is 211 g/mol. The molecule has 0 amide bonds. The smallest absolute Gasteiger partial charge is 0.306 e. The van der Waals surface area contributed by atoms with E-state index in [2.05, 4.69) is 4.90 Å². The van der Waals surface area contributed by atoms with E-state index < -0.39 is 0 Å². The molecule has 0 bridgehead atoms. The molecule has 2 aliphatic heterocycles. The van der Waals surface area contributed by atoms with E-state index in [-0.39, 0.29) is 5.97 Å². The maximum Gasteiger partial charge on any atom is 0.306 e. The van der Waals surface area contributed by atoms with Gasteiger partial charge in [0, 0.05) is 12.5 Å². The minimum Gasteiger partial charge on any atom is -0.466 e. The summed E-state index contributed by atoms with van der Waals surface area (Å²) in [5.74, 6) is 0.567. The van der Waals surface area contributed by atoms with E-state index >= 15 is 0 Å². The van der Waals surface area contributed by atoms with Crippen LogP contribution < -0.4 is 0 Å². The third-order valence-corrected chi connectivity index (χ3v) is 3.69. The van der Waals surface area contributed by atoms with Crippen LogP contribution in [0.15, 0.2) is 0 Å². The van der Waals surface area contributed by atoms with Gasteiger partial charge in [-0.1, -0.05) is 0 Å². The molecule has 3 nitrogen and oxygen atoms in total. The number of hydrogen-bond donors (Lipinski definition) is 0. The minimum atomic E-state index is -0.00560. The molecule has 1 unspecified atom stereocenters. The molecule has 2 atom stereocenters. The number of ether oxygens (including phenoxy) is 1. The van der Waals surface area contributed by atoms with Crippen molar-refractivity contribution >= 4 is 5.97 Å². The molecule has 0 aromatic rings. The highest BCUT2D eigenvalue weighted by Crippen LogP contribution is 2.31. The van der Waals surface area contributed by atoms with Crippen LogP contribution in [0.1, 0.15) is 39.0 Å². The van der Waals surface area contributed by atoms with Gasteiger partial charge in [0.2, 0.25) is 0 Å². The quantitative estimate of drug-likeness (QED) is 0.667. The Morgan fingerprint density at radius 1 is 1.40 bits per heavy atom. The van der Waals surface area contributed by atoms with Crippen LogP contribution in [-0.2, 0) is 9.53 Å². The van der Waals surface area contributed by atoms with Crippen molar-refractivity contribution in [3.05, 3.63) is 0 Å². The Labute approximate surface area is 91.8 Å². The lowest BCUT2D eigenvalue weighted by Gasteiger charge is -2.34. The summed E-state index contributed by atoms with van der Waals surface area (Å²) in [5, 5.41) is 0. The van der Waals surface area contributed by atoms with Gasteiger partial charge < -0.3 is 9.64 Å². The first-order valence-corrected chi connectivity index (χ1v) is 6.19. The van der Waals surface area contributed by atoms with Gasteiger partial charge in [0.05, 0.1) is 6.61 Å². The highest BCUT2D eigenvalue weighted by atomic mass is 16.5. The molecule has 0 aromatic heterocycles. The zero-order valence-corrected chi connectivity index (χ0v) is 9.58. The normalized spacial score (nSPS) is 31.3. The Morgan fingerprint density at radius 2 is 2.27 bits per heavy atom. The Morgan fingerprint density at radius 3 is 3.07 bits per heavy atom. The zero-order valence-electron chi connectivity index (χ0n) is 9.58. The van der Waals surface area contributed by atoms with E-state index in [0.29, 0.717) is 18.9 Å². The number of hydrogen-bond acceptors (Lipinski definition) is 3. The maximum atomic E-state index is 11.4. The van der Waals surface area contributed by atoms with Gasteiger partial charge in [-0.15, -0.1) is 0 Å². The predicted octanol–water partition coefficient (Wildman–Crippen LogP) is 1.81. The summed E-state index contributed by atoms with van der Waals surface area (Å²) >= 11 is 0. The molecule has 3 heteroatoms. The van der Waals surface area contributed by atoms with Gasteiger partial charge >= 0.3 is 5.97 Å². The lowest BCUT2D eigenvalue weighted by molar-refractivity contribution is -0.144. The molecule has 0 radical (unpaired) electrons. The van der Waals surface area contributed by atoms with E-state index in [9.17, 15) is 4.79 Å². The summed E-state index contributed by atoms with van der Waals surface area (Å²) in [5.41, 5.74) is 0. The summed E-state index contributed by atoms with van der Waals surface area (Å²) in [7, 11) is 0. The van der Waals surface area contributed by atoms with E-state index in [4.69, 9.17) is 4.74 Å². The number of carbonyl (C=O) groups excluding carboxylic acids is 1. The molecule has 0 saturated carbocycles. The molecule has 15 heavy (non-hydrogen) atoms. The minimum absolute atomic E-state index is 0.00560. The van der Waals surface area contributed by atoms with Crippen molar-refractivity contribution in [3.8, 4) is 0 Å². The molecule has 86 valence electrons. The van der Waals surface area contributed by atoms with Crippen molar-refractivity contribution in [2.75, 3.05) is 19.7 Å². The second-order valence-corrected chi connectivity index (χ2v) is 4.73. The maximum absolute atomic E-state index is 11.4. The highest BCUT2D eigenvalue weighted by molar-refractivity contribution is 5.69. The van der Waals surface area contributed by atoms with Gasteiger partial charge in [-0.3, -0.25) is 4.79 Å². The molecule has 2 fully saturated rings. The third-order valence-electron chi connectivity index (χ3n) is 3.69. The van der Waals surface area contributed by atoms with E-state index in [1.807, 2.05) is 6.92 Å². The van der Waals surface area contributed by atoms with Gasteiger partial charge in [0.25, 0.3) is 0 Å². The van der Waals surface area contributed by atoms with E-state index in [1.54, 1.807) is 0 Å². The molecular weight excluding hydrogens is 190 g/mol. The number of piperidine rings is 1. The summed E-state index contributed by atoms with van der Waals surface area (Å²) in [6.07, 6.45) is 5.70. The van der Waals surface area contributed by atoms with Crippen LogP contribution in [0.3, 0.4) is 0 Å². The number of rotatable bonds is 3. The molecule has 0 aromatic carbocycles. The van der Waals surface area contributed by atoms with Crippen LogP contribution in [0.5, 0.6) is 0 Å². The zero-order chi connectivity index (χ0) is 10.7.